The number of hydrogen-bond acceptors (Lipinski definition) is 3. The number of imide groups is 1. The van der Waals surface area contributed by atoms with Crippen molar-refractivity contribution in [1.29, 1.82) is 0 Å². The summed E-state index contributed by atoms with van der Waals surface area (Å²) in [7, 11) is 1.95. The standard InChI is InChI=1S/C21H31N3O3/c1-4-14-27-19-12-10-17(11-13-19)15-24(3)16(2)20(25)23-21(26)22-18-8-6-5-7-9-18/h4,10-13,16,18H,1,5-9,14-15H2,2-3H3,(H2,22,23,25,26)/p+1/t16-/m1/s1. The predicted molar refractivity (Wildman–Crippen MR) is 106 cm³/mol. The van der Waals surface area contributed by atoms with E-state index in [4.69, 9.17) is 4.74 Å². The lowest BCUT2D eigenvalue weighted by Crippen LogP contribution is -3.12. The van der Waals surface area contributed by atoms with Crippen molar-refractivity contribution >= 4 is 11.9 Å². The van der Waals surface area contributed by atoms with Gasteiger partial charge in [0.05, 0.1) is 7.05 Å². The van der Waals surface area contributed by atoms with Crippen LogP contribution in [-0.4, -0.2) is 37.7 Å². The number of likely N-dealkylation sites (N-methyl/N-ethyl adjacent to an activating group) is 1. The molecule has 3 N–H and O–H groups in total. The zero-order valence-electron chi connectivity index (χ0n) is 16.4. The number of carbonyl (C=O) groups excluding carboxylic acids is 2. The van der Waals surface area contributed by atoms with Gasteiger partial charge in [0.15, 0.2) is 6.04 Å². The van der Waals surface area contributed by atoms with Crippen molar-refractivity contribution in [3.05, 3.63) is 42.5 Å². The molecule has 0 heterocycles. The third-order valence-electron chi connectivity index (χ3n) is 5.08. The summed E-state index contributed by atoms with van der Waals surface area (Å²) in [5, 5.41) is 5.40. The van der Waals surface area contributed by atoms with E-state index in [0.29, 0.717) is 13.2 Å². The lowest BCUT2D eigenvalue weighted by atomic mass is 9.96. The topological polar surface area (TPSA) is 71.9 Å². The van der Waals surface area contributed by atoms with E-state index in [2.05, 4.69) is 17.2 Å². The highest BCUT2D eigenvalue weighted by molar-refractivity contribution is 5.96. The monoisotopic (exact) mass is 374 g/mol. The van der Waals surface area contributed by atoms with Gasteiger partial charge in [0.25, 0.3) is 5.91 Å². The Kier molecular flexibility index (Phi) is 8.33. The van der Waals surface area contributed by atoms with Crippen LogP contribution in [0.5, 0.6) is 5.75 Å². The number of urea groups is 1. The smallest absolute Gasteiger partial charge is 0.321 e. The molecule has 1 saturated carbocycles. The fourth-order valence-corrected chi connectivity index (χ4v) is 3.25. The molecule has 0 bridgehead atoms. The maximum atomic E-state index is 12.4. The molecule has 1 unspecified atom stereocenters. The Morgan fingerprint density at radius 1 is 1.26 bits per heavy atom. The van der Waals surface area contributed by atoms with Gasteiger partial charge in [-0.25, -0.2) is 4.79 Å². The first-order chi connectivity index (χ1) is 13.0. The Morgan fingerprint density at radius 2 is 1.93 bits per heavy atom. The van der Waals surface area contributed by atoms with Crippen LogP contribution in [0.1, 0.15) is 44.6 Å². The second-order valence-electron chi connectivity index (χ2n) is 7.29. The molecule has 1 fully saturated rings. The van der Waals surface area contributed by atoms with E-state index in [-0.39, 0.29) is 24.0 Å². The van der Waals surface area contributed by atoms with Gasteiger partial charge in [-0.15, -0.1) is 0 Å². The van der Waals surface area contributed by atoms with E-state index < -0.39 is 0 Å². The molecule has 0 aromatic heterocycles. The minimum Gasteiger partial charge on any atom is -0.490 e. The Balaban J connectivity index is 1.78. The van der Waals surface area contributed by atoms with Gasteiger partial charge in [0.2, 0.25) is 0 Å². The number of carbonyl (C=O) groups is 2. The Bertz CT molecular complexity index is 624. The second-order valence-corrected chi connectivity index (χ2v) is 7.29. The van der Waals surface area contributed by atoms with Crippen molar-refractivity contribution in [1.82, 2.24) is 10.6 Å². The van der Waals surface area contributed by atoms with Crippen molar-refractivity contribution in [2.24, 2.45) is 0 Å². The summed E-state index contributed by atoms with van der Waals surface area (Å²) in [5.41, 5.74) is 1.10. The number of amides is 3. The highest BCUT2D eigenvalue weighted by Gasteiger charge is 2.25. The summed E-state index contributed by atoms with van der Waals surface area (Å²) in [6, 6.07) is 7.27. The van der Waals surface area contributed by atoms with Gasteiger partial charge in [-0.1, -0.05) is 31.9 Å². The van der Waals surface area contributed by atoms with Crippen molar-refractivity contribution in [2.75, 3.05) is 13.7 Å². The molecule has 6 heteroatoms. The number of ether oxygens (including phenoxy) is 1. The number of hydrogen-bond donors (Lipinski definition) is 3. The van der Waals surface area contributed by atoms with Gasteiger partial charge in [0.1, 0.15) is 18.9 Å². The van der Waals surface area contributed by atoms with Crippen molar-refractivity contribution in [3.8, 4) is 5.75 Å². The minimum atomic E-state index is -0.379. The second kappa shape index (κ2) is 10.7. The number of rotatable bonds is 8. The molecular weight excluding hydrogens is 342 g/mol. The number of nitrogens with one attached hydrogen (secondary N) is 3. The molecule has 0 saturated heterocycles. The van der Waals surface area contributed by atoms with Crippen LogP contribution in [0.4, 0.5) is 4.79 Å². The normalized spacial score (nSPS) is 16.8. The summed E-state index contributed by atoms with van der Waals surface area (Å²) in [4.78, 5) is 25.4. The fourth-order valence-electron chi connectivity index (χ4n) is 3.25. The highest BCUT2D eigenvalue weighted by Crippen LogP contribution is 2.17. The van der Waals surface area contributed by atoms with Crippen LogP contribution in [0.15, 0.2) is 36.9 Å². The summed E-state index contributed by atoms with van der Waals surface area (Å²) in [6.07, 6.45) is 7.20. The molecule has 27 heavy (non-hydrogen) atoms. The van der Waals surface area contributed by atoms with Crippen molar-refractivity contribution < 1.29 is 19.2 Å². The summed E-state index contributed by atoms with van der Waals surface area (Å²) in [5.74, 6) is 0.535. The Hall–Kier alpha value is -2.34. The summed E-state index contributed by atoms with van der Waals surface area (Å²) >= 11 is 0. The molecule has 1 aromatic rings. The predicted octanol–water partition coefficient (Wildman–Crippen LogP) is 1.81. The van der Waals surface area contributed by atoms with Gasteiger partial charge in [0, 0.05) is 11.6 Å². The van der Waals surface area contributed by atoms with E-state index in [1.165, 1.54) is 6.42 Å². The van der Waals surface area contributed by atoms with E-state index in [1.807, 2.05) is 38.2 Å². The van der Waals surface area contributed by atoms with Gasteiger partial charge >= 0.3 is 6.03 Å². The summed E-state index contributed by atoms with van der Waals surface area (Å²) in [6.45, 7) is 6.62. The molecule has 0 aliphatic heterocycles. The zero-order chi connectivity index (χ0) is 19.6. The largest absolute Gasteiger partial charge is 0.490 e. The van der Waals surface area contributed by atoms with Crippen LogP contribution in [0.2, 0.25) is 0 Å². The number of benzene rings is 1. The Labute approximate surface area is 162 Å². The lowest BCUT2D eigenvalue weighted by Gasteiger charge is -2.24. The quantitative estimate of drug-likeness (QED) is 0.608. The van der Waals surface area contributed by atoms with Crippen LogP contribution in [0, 0.1) is 0 Å². The van der Waals surface area contributed by atoms with E-state index >= 15 is 0 Å². The first kappa shape index (κ1) is 21.0. The van der Waals surface area contributed by atoms with Crippen LogP contribution in [0.25, 0.3) is 0 Å². The molecule has 2 rings (SSSR count). The molecule has 148 valence electrons. The molecule has 1 aliphatic rings. The SMILES string of the molecule is C=CCOc1ccc(C[NH+](C)[C@H](C)C(=O)NC(=O)NC2CCCCC2)cc1. The van der Waals surface area contributed by atoms with Gasteiger partial charge < -0.3 is 15.0 Å². The summed E-state index contributed by atoms with van der Waals surface area (Å²) < 4.78 is 5.47. The minimum absolute atomic E-state index is 0.189. The lowest BCUT2D eigenvalue weighted by molar-refractivity contribution is -0.908. The fraction of sp³-hybridized carbons (Fsp3) is 0.524. The molecule has 3 amide bonds. The highest BCUT2D eigenvalue weighted by atomic mass is 16.5. The van der Waals surface area contributed by atoms with Crippen LogP contribution < -0.4 is 20.3 Å². The Morgan fingerprint density at radius 3 is 2.56 bits per heavy atom. The number of quaternary nitrogens is 1. The first-order valence-corrected chi connectivity index (χ1v) is 9.76. The molecule has 6 nitrogen and oxygen atoms in total. The molecule has 0 radical (unpaired) electrons. The van der Waals surface area contributed by atoms with Gasteiger partial charge in [-0.05, 0) is 44.0 Å². The van der Waals surface area contributed by atoms with Crippen LogP contribution in [-0.2, 0) is 11.3 Å². The molecule has 0 spiro atoms. The maximum Gasteiger partial charge on any atom is 0.321 e. The third kappa shape index (κ3) is 7.06. The molecule has 1 aromatic carbocycles. The first-order valence-electron chi connectivity index (χ1n) is 9.76. The molecular formula is C21H32N3O3+. The van der Waals surface area contributed by atoms with E-state index in [0.717, 1.165) is 41.9 Å². The third-order valence-corrected chi connectivity index (χ3v) is 5.08. The van der Waals surface area contributed by atoms with Gasteiger partial charge in [-0.2, -0.15) is 0 Å². The maximum absolute atomic E-state index is 12.4. The van der Waals surface area contributed by atoms with E-state index in [1.54, 1.807) is 6.08 Å². The molecule has 2 atom stereocenters. The van der Waals surface area contributed by atoms with Gasteiger partial charge in [-0.3, -0.25) is 10.1 Å². The van der Waals surface area contributed by atoms with E-state index in [9.17, 15) is 9.59 Å². The molecule has 1 aliphatic carbocycles. The zero-order valence-corrected chi connectivity index (χ0v) is 16.4. The van der Waals surface area contributed by atoms with Crippen molar-refractivity contribution in [3.63, 3.8) is 0 Å². The average molecular weight is 375 g/mol. The van der Waals surface area contributed by atoms with Crippen LogP contribution in [0.3, 0.4) is 0 Å². The van der Waals surface area contributed by atoms with Crippen LogP contribution >= 0.6 is 0 Å². The average Bonchev–Trinajstić information content (AvgIpc) is 2.67. The van der Waals surface area contributed by atoms with Crippen molar-refractivity contribution in [2.45, 2.75) is 57.7 Å².